The molecule has 0 atom stereocenters. The number of rotatable bonds is 0. The van der Waals surface area contributed by atoms with Crippen molar-refractivity contribution in [2.45, 2.75) is 0 Å². The molecule has 0 aliphatic carbocycles. The molecule has 0 amide bonds. The van der Waals surface area contributed by atoms with Crippen molar-refractivity contribution in [1.29, 1.82) is 0 Å². The Morgan fingerprint density at radius 3 is 0.600 bits per heavy atom. The molecule has 5 heavy (non-hydrogen) atoms. The predicted molar refractivity (Wildman–Crippen MR) is 8.62 cm³/mol. The molecule has 0 N–H and O–H groups in total. The summed E-state index contributed by atoms with van der Waals surface area (Å²) in [6.07, 6.45) is 0. The molecular formula is HClMn2O2. The molecule has 0 aliphatic rings. The third-order valence-electron chi connectivity index (χ3n) is 0. The first-order valence-electron chi connectivity index (χ1n) is 0. The third-order valence-corrected chi connectivity index (χ3v) is 0. The maximum absolute atomic E-state index is 0. The fourth-order valence-electron chi connectivity index (χ4n) is 0. The second-order valence-corrected chi connectivity index (χ2v) is 0. The zero-order valence-corrected chi connectivity index (χ0v) is 5.16. The molecule has 5 heteroatoms. The molecule has 0 aliphatic heterocycles. The van der Waals surface area contributed by atoms with Gasteiger partial charge >= 0.3 is 34.1 Å². The Morgan fingerprint density at radius 1 is 0.600 bits per heavy atom. The zero-order chi connectivity index (χ0) is 0. The van der Waals surface area contributed by atoms with Crippen LogP contribution in [0.15, 0.2) is 0 Å². The van der Waals surface area contributed by atoms with Crippen molar-refractivity contribution >= 4 is 12.4 Å². The summed E-state index contributed by atoms with van der Waals surface area (Å²) in [4.78, 5) is 0. The molecular weight excluding hydrogens is 177 g/mol. The van der Waals surface area contributed by atoms with Gasteiger partial charge in [-0.25, -0.2) is 0 Å². The van der Waals surface area contributed by atoms with Crippen LogP contribution in [0.4, 0.5) is 0 Å². The van der Waals surface area contributed by atoms with Crippen LogP contribution in [0.1, 0.15) is 0 Å². The first kappa shape index (κ1) is 110. The maximum Gasteiger partial charge on any atom is 2.00 e. The molecule has 0 saturated heterocycles. The van der Waals surface area contributed by atoms with Gasteiger partial charge in [-0.1, -0.05) is 0 Å². The minimum absolute atomic E-state index is 0. The van der Waals surface area contributed by atoms with E-state index in [1.54, 1.807) is 0 Å². The van der Waals surface area contributed by atoms with Gasteiger partial charge in [0.25, 0.3) is 0 Å². The molecule has 34 valence electrons. The molecule has 2 nitrogen and oxygen atoms in total. The van der Waals surface area contributed by atoms with Crippen molar-refractivity contribution in [2.75, 3.05) is 0 Å². The van der Waals surface area contributed by atoms with Crippen LogP contribution in [0.2, 0.25) is 0 Å². The van der Waals surface area contributed by atoms with Crippen molar-refractivity contribution < 1.29 is 45.1 Å². The summed E-state index contributed by atoms with van der Waals surface area (Å²) in [7, 11) is 0. The van der Waals surface area contributed by atoms with E-state index >= 15 is 0 Å². The quantitative estimate of drug-likeness (QED) is 0.475. The fraction of sp³-hybridized carbons (Fsp3) is 0. The molecule has 0 unspecified atom stereocenters. The van der Waals surface area contributed by atoms with Gasteiger partial charge in [-0.15, -0.1) is 12.4 Å². The first-order chi connectivity index (χ1) is 0. The normalized spacial score (nSPS) is 0. The monoisotopic (exact) mass is 178 g/mol. The molecule has 0 bridgehead atoms. The summed E-state index contributed by atoms with van der Waals surface area (Å²) in [6.45, 7) is 0. The average molecular weight is 178 g/mol. The molecule has 0 aromatic rings. The van der Waals surface area contributed by atoms with E-state index in [-0.39, 0.29) is 57.5 Å². The topological polar surface area (TPSA) is 57.0 Å². The van der Waals surface area contributed by atoms with E-state index in [1.807, 2.05) is 0 Å². The molecule has 2 radical (unpaired) electrons. The first-order valence-corrected chi connectivity index (χ1v) is 0. The van der Waals surface area contributed by atoms with Crippen LogP contribution in [-0.2, 0) is 45.1 Å². The Balaban J connectivity index is 0. The van der Waals surface area contributed by atoms with Gasteiger partial charge in [0, 0.05) is 0 Å². The Kier molecular flexibility index (Phi) is 1340. The maximum atomic E-state index is 0. The zero-order valence-electron chi connectivity index (χ0n) is 1.98. The molecule has 0 rings (SSSR count). The van der Waals surface area contributed by atoms with Gasteiger partial charge in [0.15, 0.2) is 0 Å². The minimum atomic E-state index is 0. The molecule has 0 fully saturated rings. The summed E-state index contributed by atoms with van der Waals surface area (Å²) in [5.74, 6) is 0. The van der Waals surface area contributed by atoms with E-state index in [2.05, 4.69) is 0 Å². The van der Waals surface area contributed by atoms with Crippen LogP contribution in [0, 0.1) is 0 Å². The molecule has 0 saturated carbocycles. The second-order valence-electron chi connectivity index (χ2n) is 0. The van der Waals surface area contributed by atoms with Crippen molar-refractivity contribution in [3.63, 3.8) is 0 Å². The van der Waals surface area contributed by atoms with Crippen LogP contribution in [0.25, 0.3) is 0 Å². The predicted octanol–water partition coefficient (Wildman–Crippen LogP) is 0.179. The van der Waals surface area contributed by atoms with Crippen LogP contribution in [0.5, 0.6) is 0 Å². The van der Waals surface area contributed by atoms with Crippen LogP contribution in [-0.4, -0.2) is 0 Å². The SMILES string of the molecule is Cl.[Mn+2].[Mn+2].[O-2].[O-2]. The Hall–Kier alpha value is 1.25. The molecule has 0 aromatic carbocycles. The molecule has 0 spiro atoms. The van der Waals surface area contributed by atoms with Gasteiger partial charge in [-0.3, -0.25) is 0 Å². The van der Waals surface area contributed by atoms with Gasteiger partial charge in [0.1, 0.15) is 0 Å². The van der Waals surface area contributed by atoms with Gasteiger partial charge in [0.05, 0.1) is 0 Å². The number of hydrogen-bond acceptors (Lipinski definition) is 0. The van der Waals surface area contributed by atoms with E-state index < -0.39 is 0 Å². The number of hydrogen-bond donors (Lipinski definition) is 0. The Morgan fingerprint density at radius 2 is 0.600 bits per heavy atom. The van der Waals surface area contributed by atoms with Gasteiger partial charge in [-0.05, 0) is 0 Å². The minimum Gasteiger partial charge on any atom is -2.00 e. The summed E-state index contributed by atoms with van der Waals surface area (Å²) >= 11 is 0. The Bertz CT molecular complexity index is 7.61. The van der Waals surface area contributed by atoms with Gasteiger partial charge in [0.2, 0.25) is 0 Å². The van der Waals surface area contributed by atoms with Crippen LogP contribution < -0.4 is 0 Å². The van der Waals surface area contributed by atoms with Gasteiger partial charge in [-0.2, -0.15) is 0 Å². The molecule has 0 aromatic heterocycles. The smallest absolute Gasteiger partial charge is 2.00 e. The van der Waals surface area contributed by atoms with Crippen molar-refractivity contribution in [3.8, 4) is 0 Å². The Labute approximate surface area is 57.7 Å². The van der Waals surface area contributed by atoms with Crippen molar-refractivity contribution in [2.24, 2.45) is 0 Å². The third kappa shape index (κ3) is 35.5. The summed E-state index contributed by atoms with van der Waals surface area (Å²) < 4.78 is 0. The van der Waals surface area contributed by atoms with Gasteiger partial charge < -0.3 is 11.0 Å². The summed E-state index contributed by atoms with van der Waals surface area (Å²) in [5.41, 5.74) is 0. The fourth-order valence-corrected chi connectivity index (χ4v) is 0. The van der Waals surface area contributed by atoms with Crippen molar-refractivity contribution in [3.05, 3.63) is 0 Å². The number of halogens is 1. The molecule has 0 heterocycles. The standard InChI is InChI=1S/ClH.2Mn.2O/h1H;;;;/q;2*+2;2*-2. The largest absolute Gasteiger partial charge is 2.00 e. The van der Waals surface area contributed by atoms with Crippen LogP contribution in [0.3, 0.4) is 0 Å². The van der Waals surface area contributed by atoms with E-state index in [1.165, 1.54) is 0 Å². The van der Waals surface area contributed by atoms with Crippen LogP contribution >= 0.6 is 12.4 Å². The van der Waals surface area contributed by atoms with E-state index in [4.69, 9.17) is 0 Å². The summed E-state index contributed by atoms with van der Waals surface area (Å²) in [5, 5.41) is 0. The van der Waals surface area contributed by atoms with E-state index in [9.17, 15) is 0 Å². The second kappa shape index (κ2) is 60.7. The average Bonchev–Trinajstić information content (AvgIpc) is 0. The summed E-state index contributed by atoms with van der Waals surface area (Å²) in [6, 6.07) is 0. The van der Waals surface area contributed by atoms with E-state index in [0.29, 0.717) is 0 Å². The van der Waals surface area contributed by atoms with Crippen molar-refractivity contribution in [1.82, 2.24) is 0 Å². The van der Waals surface area contributed by atoms with E-state index in [0.717, 1.165) is 0 Å².